The Balaban J connectivity index is 3.13. The monoisotopic (exact) mass is 235 g/mol. The van der Waals surface area contributed by atoms with Crippen molar-refractivity contribution in [3.05, 3.63) is 29.8 Å². The highest BCUT2D eigenvalue weighted by atomic mass is 16.3. The normalized spacial score (nSPS) is 13.5. The Kier molecular flexibility index (Phi) is 4.58. The molecule has 0 saturated heterocycles. The van der Waals surface area contributed by atoms with E-state index in [9.17, 15) is 5.11 Å². The molecule has 1 unspecified atom stereocenters. The van der Waals surface area contributed by atoms with Gasteiger partial charge in [0.25, 0.3) is 0 Å². The average molecular weight is 235 g/mol. The van der Waals surface area contributed by atoms with Gasteiger partial charge in [0, 0.05) is 23.8 Å². The van der Waals surface area contributed by atoms with Crippen molar-refractivity contribution in [1.29, 1.82) is 0 Å². The van der Waals surface area contributed by atoms with E-state index in [1.165, 1.54) is 0 Å². The Hall–Kier alpha value is -1.02. The summed E-state index contributed by atoms with van der Waals surface area (Å²) in [6, 6.07) is 8.13. The summed E-state index contributed by atoms with van der Waals surface area (Å²) in [5.41, 5.74) is 2.26. The van der Waals surface area contributed by atoms with Crippen LogP contribution >= 0.6 is 0 Å². The van der Waals surface area contributed by atoms with Crippen LogP contribution in [-0.2, 0) is 0 Å². The van der Waals surface area contributed by atoms with Gasteiger partial charge in [0.1, 0.15) is 0 Å². The van der Waals surface area contributed by atoms with Crippen molar-refractivity contribution in [2.24, 2.45) is 0 Å². The van der Waals surface area contributed by atoms with Gasteiger partial charge in [-0.3, -0.25) is 0 Å². The molecule has 0 spiro atoms. The van der Waals surface area contributed by atoms with Crippen LogP contribution in [-0.4, -0.2) is 17.7 Å². The van der Waals surface area contributed by atoms with Crippen LogP contribution in [0.3, 0.4) is 0 Å². The van der Waals surface area contributed by atoms with Gasteiger partial charge in [-0.1, -0.05) is 32.0 Å². The summed E-state index contributed by atoms with van der Waals surface area (Å²) in [6.07, 6.45) is 1.44. The number of aliphatic hydroxyl groups excluding tert-OH is 1. The van der Waals surface area contributed by atoms with Crippen LogP contribution in [0.25, 0.3) is 0 Å². The largest absolute Gasteiger partial charge is 0.388 e. The number of rotatable bonds is 5. The van der Waals surface area contributed by atoms with Gasteiger partial charge < -0.3 is 10.0 Å². The van der Waals surface area contributed by atoms with Crippen molar-refractivity contribution in [3.63, 3.8) is 0 Å². The summed E-state index contributed by atoms with van der Waals surface area (Å²) in [5.74, 6) is 0. The van der Waals surface area contributed by atoms with Crippen LogP contribution in [0.2, 0.25) is 0 Å². The molecular weight excluding hydrogens is 210 g/mol. The fraction of sp³-hybridized carbons (Fsp3) is 0.600. The SMILES string of the molecule is CCC(O)c1ccccc1N(C)C(C)(C)CC. The predicted octanol–water partition coefficient (Wildman–Crippen LogP) is 3.75. The van der Waals surface area contributed by atoms with Gasteiger partial charge in [0.05, 0.1) is 6.10 Å². The third-order valence-electron chi connectivity index (χ3n) is 3.82. The van der Waals surface area contributed by atoms with Gasteiger partial charge in [-0.05, 0) is 32.8 Å². The van der Waals surface area contributed by atoms with Crippen molar-refractivity contribution >= 4 is 5.69 Å². The molecule has 1 aromatic rings. The lowest BCUT2D eigenvalue weighted by Gasteiger charge is -2.38. The van der Waals surface area contributed by atoms with Crippen LogP contribution in [0.5, 0.6) is 0 Å². The van der Waals surface area contributed by atoms with Crippen molar-refractivity contribution in [3.8, 4) is 0 Å². The molecule has 0 fully saturated rings. The Morgan fingerprint density at radius 1 is 1.24 bits per heavy atom. The van der Waals surface area contributed by atoms with Crippen LogP contribution < -0.4 is 4.90 Å². The average Bonchev–Trinajstić information content (AvgIpc) is 2.36. The van der Waals surface area contributed by atoms with Crippen molar-refractivity contribution in [1.82, 2.24) is 0 Å². The van der Waals surface area contributed by atoms with Crippen LogP contribution in [0.15, 0.2) is 24.3 Å². The molecule has 0 aliphatic rings. The molecular formula is C15H25NO. The zero-order chi connectivity index (χ0) is 13.1. The summed E-state index contributed by atoms with van der Waals surface area (Å²) in [5, 5.41) is 10.1. The molecule has 0 aliphatic carbocycles. The fourth-order valence-corrected chi connectivity index (χ4v) is 1.86. The number of para-hydroxylation sites is 1. The minimum atomic E-state index is -0.374. The molecule has 0 bridgehead atoms. The maximum atomic E-state index is 10.1. The maximum Gasteiger partial charge on any atom is 0.0807 e. The minimum absolute atomic E-state index is 0.101. The summed E-state index contributed by atoms with van der Waals surface area (Å²) in [6.45, 7) is 8.64. The summed E-state index contributed by atoms with van der Waals surface area (Å²) in [7, 11) is 2.10. The quantitative estimate of drug-likeness (QED) is 0.840. The van der Waals surface area contributed by atoms with E-state index < -0.39 is 0 Å². The molecule has 1 rings (SSSR count). The number of hydrogen-bond acceptors (Lipinski definition) is 2. The van der Waals surface area contributed by atoms with E-state index in [1.54, 1.807) is 0 Å². The second kappa shape index (κ2) is 5.54. The molecule has 0 aliphatic heterocycles. The highest BCUT2D eigenvalue weighted by Crippen LogP contribution is 2.32. The zero-order valence-corrected chi connectivity index (χ0v) is 11.7. The van der Waals surface area contributed by atoms with E-state index in [1.807, 2.05) is 25.1 Å². The summed E-state index contributed by atoms with van der Waals surface area (Å²) < 4.78 is 0. The molecule has 96 valence electrons. The standard InChI is InChI=1S/C15H25NO/c1-6-14(17)12-10-8-9-11-13(12)16(5)15(3,4)7-2/h8-11,14,17H,6-7H2,1-5H3. The Morgan fingerprint density at radius 3 is 2.35 bits per heavy atom. The van der Waals surface area contributed by atoms with E-state index >= 15 is 0 Å². The van der Waals surface area contributed by atoms with Crippen LogP contribution in [0.4, 0.5) is 5.69 Å². The summed E-state index contributed by atoms with van der Waals surface area (Å²) >= 11 is 0. The number of anilines is 1. The third-order valence-corrected chi connectivity index (χ3v) is 3.82. The molecule has 0 heterocycles. The molecule has 1 N–H and O–H groups in total. The lowest BCUT2D eigenvalue weighted by molar-refractivity contribution is 0.174. The van der Waals surface area contributed by atoms with E-state index in [2.05, 4.69) is 38.8 Å². The van der Waals surface area contributed by atoms with E-state index in [0.29, 0.717) is 0 Å². The highest BCUT2D eigenvalue weighted by molar-refractivity contribution is 5.55. The molecule has 0 aromatic heterocycles. The first-order chi connectivity index (χ1) is 7.94. The highest BCUT2D eigenvalue weighted by Gasteiger charge is 2.24. The molecule has 1 aromatic carbocycles. The number of nitrogens with zero attached hydrogens (tertiary/aromatic N) is 1. The van der Waals surface area contributed by atoms with Gasteiger partial charge in [0.2, 0.25) is 0 Å². The van der Waals surface area contributed by atoms with Crippen molar-refractivity contribution in [2.45, 2.75) is 52.2 Å². The number of hydrogen-bond donors (Lipinski definition) is 1. The third kappa shape index (κ3) is 3.01. The summed E-state index contributed by atoms with van der Waals surface area (Å²) in [4.78, 5) is 2.27. The minimum Gasteiger partial charge on any atom is -0.388 e. The number of benzene rings is 1. The smallest absolute Gasteiger partial charge is 0.0807 e. The predicted molar refractivity (Wildman–Crippen MR) is 74.5 cm³/mol. The molecule has 0 radical (unpaired) electrons. The molecule has 2 nitrogen and oxygen atoms in total. The Labute approximate surface area is 105 Å². The second-order valence-corrected chi connectivity index (χ2v) is 5.21. The molecule has 0 saturated carbocycles. The first-order valence-electron chi connectivity index (χ1n) is 6.44. The molecule has 1 atom stereocenters. The van der Waals surface area contributed by atoms with E-state index in [0.717, 1.165) is 24.1 Å². The lowest BCUT2D eigenvalue weighted by Crippen LogP contribution is -2.41. The van der Waals surface area contributed by atoms with Gasteiger partial charge in [0.15, 0.2) is 0 Å². The van der Waals surface area contributed by atoms with Crippen molar-refractivity contribution in [2.75, 3.05) is 11.9 Å². The van der Waals surface area contributed by atoms with E-state index in [-0.39, 0.29) is 11.6 Å². The topological polar surface area (TPSA) is 23.5 Å². The van der Waals surface area contributed by atoms with Crippen molar-refractivity contribution < 1.29 is 5.11 Å². The zero-order valence-electron chi connectivity index (χ0n) is 11.7. The Morgan fingerprint density at radius 2 is 1.82 bits per heavy atom. The van der Waals surface area contributed by atoms with Gasteiger partial charge in [-0.2, -0.15) is 0 Å². The lowest BCUT2D eigenvalue weighted by atomic mass is 9.96. The maximum absolute atomic E-state index is 10.1. The first-order valence-corrected chi connectivity index (χ1v) is 6.44. The molecule has 0 amide bonds. The molecule has 17 heavy (non-hydrogen) atoms. The van der Waals surface area contributed by atoms with Gasteiger partial charge in [-0.25, -0.2) is 0 Å². The van der Waals surface area contributed by atoms with Gasteiger partial charge in [-0.15, -0.1) is 0 Å². The van der Waals surface area contributed by atoms with Crippen LogP contribution in [0.1, 0.15) is 52.2 Å². The van der Waals surface area contributed by atoms with E-state index in [4.69, 9.17) is 0 Å². The molecule has 2 heteroatoms. The van der Waals surface area contributed by atoms with Crippen LogP contribution in [0, 0.1) is 0 Å². The second-order valence-electron chi connectivity index (χ2n) is 5.21. The fourth-order valence-electron chi connectivity index (χ4n) is 1.86. The first kappa shape index (κ1) is 14.0. The number of aliphatic hydroxyl groups is 1. The Bertz CT molecular complexity index is 360. The van der Waals surface area contributed by atoms with Gasteiger partial charge >= 0.3 is 0 Å².